The van der Waals surface area contributed by atoms with Gasteiger partial charge >= 0.3 is 0 Å². The molecule has 0 aromatic carbocycles. The van der Waals surface area contributed by atoms with Crippen LogP contribution in [0.25, 0.3) is 0 Å². The molecule has 3 N–H and O–H groups in total. The molecule has 2 fully saturated rings. The molecule has 3 rings (SSSR count). The summed E-state index contributed by atoms with van der Waals surface area (Å²) in [4.78, 5) is 16.9. The van der Waals surface area contributed by atoms with Crippen molar-refractivity contribution in [1.29, 1.82) is 0 Å². The van der Waals surface area contributed by atoms with Crippen molar-refractivity contribution < 1.29 is 4.79 Å². The molecule has 1 aromatic rings. The van der Waals surface area contributed by atoms with Gasteiger partial charge in [-0.25, -0.2) is 4.98 Å². The van der Waals surface area contributed by atoms with Crippen LogP contribution in [0.1, 0.15) is 55.5 Å². The molecule has 1 amide bonds. The van der Waals surface area contributed by atoms with Gasteiger partial charge in [0.2, 0.25) is 0 Å². The fourth-order valence-electron chi connectivity index (χ4n) is 4.52. The average Bonchev–Trinajstić information content (AvgIpc) is 3.06. The van der Waals surface area contributed by atoms with Crippen LogP contribution in [0, 0.1) is 16.7 Å². The van der Waals surface area contributed by atoms with E-state index in [2.05, 4.69) is 31.1 Å². The van der Waals surface area contributed by atoms with Gasteiger partial charge in [-0.1, -0.05) is 20.8 Å². The number of hydrogen-bond acceptors (Lipinski definition) is 4. The first-order valence-corrected chi connectivity index (χ1v) is 8.70. The van der Waals surface area contributed by atoms with Gasteiger partial charge < -0.3 is 11.1 Å². The lowest BCUT2D eigenvalue weighted by atomic mass is 9.68. The van der Waals surface area contributed by atoms with Gasteiger partial charge in [-0.3, -0.25) is 4.79 Å². The average molecular weight is 307 g/mol. The van der Waals surface area contributed by atoms with Crippen LogP contribution in [-0.4, -0.2) is 23.5 Å². The lowest BCUT2D eigenvalue weighted by Gasteiger charge is -2.43. The monoisotopic (exact) mass is 307 g/mol. The highest BCUT2D eigenvalue weighted by Gasteiger charge is 2.59. The van der Waals surface area contributed by atoms with Gasteiger partial charge in [0.1, 0.15) is 5.69 Å². The van der Waals surface area contributed by atoms with E-state index in [1.165, 1.54) is 30.6 Å². The molecule has 0 radical (unpaired) electrons. The molecular weight excluding hydrogens is 282 g/mol. The van der Waals surface area contributed by atoms with Gasteiger partial charge in [-0.2, -0.15) is 0 Å². The molecule has 2 aliphatic carbocycles. The minimum atomic E-state index is -0.0265. The van der Waals surface area contributed by atoms with E-state index in [0.29, 0.717) is 12.2 Å². The smallest absolute Gasteiger partial charge is 0.271 e. The molecule has 1 heterocycles. The maximum absolute atomic E-state index is 12.5. The first-order chi connectivity index (χ1) is 9.87. The SMILES string of the molecule is CC12CCC(C1)C(C)(C)C2NC(=O)c1csc(CCN)n1. The highest BCUT2D eigenvalue weighted by molar-refractivity contribution is 7.09. The zero-order valence-electron chi connectivity index (χ0n) is 13.1. The van der Waals surface area contributed by atoms with Crippen LogP contribution in [0.4, 0.5) is 0 Å². The normalized spacial score (nSPS) is 33.3. The summed E-state index contributed by atoms with van der Waals surface area (Å²) < 4.78 is 0. The number of rotatable bonds is 4. The molecule has 2 bridgehead atoms. The summed E-state index contributed by atoms with van der Waals surface area (Å²) >= 11 is 1.52. The Morgan fingerprint density at radius 1 is 1.52 bits per heavy atom. The molecule has 3 atom stereocenters. The van der Waals surface area contributed by atoms with Crippen molar-refractivity contribution in [2.75, 3.05) is 6.54 Å². The van der Waals surface area contributed by atoms with Gasteiger partial charge in [-0.15, -0.1) is 11.3 Å². The highest BCUT2D eigenvalue weighted by Crippen LogP contribution is 2.62. The van der Waals surface area contributed by atoms with Crippen molar-refractivity contribution in [3.63, 3.8) is 0 Å². The Bertz CT molecular complexity index is 549. The number of carbonyl (C=O) groups excluding carboxylic acids is 1. The minimum absolute atomic E-state index is 0.0265. The Morgan fingerprint density at radius 2 is 2.29 bits per heavy atom. The van der Waals surface area contributed by atoms with Crippen molar-refractivity contribution in [3.05, 3.63) is 16.1 Å². The number of carbonyl (C=O) groups is 1. The van der Waals surface area contributed by atoms with Gasteiger partial charge in [0.15, 0.2) is 0 Å². The van der Waals surface area contributed by atoms with E-state index in [4.69, 9.17) is 5.73 Å². The van der Waals surface area contributed by atoms with E-state index in [-0.39, 0.29) is 22.8 Å². The molecule has 0 aliphatic heterocycles. The highest BCUT2D eigenvalue weighted by atomic mass is 32.1. The number of nitrogens with one attached hydrogen (secondary N) is 1. The zero-order valence-corrected chi connectivity index (χ0v) is 13.9. The molecule has 116 valence electrons. The van der Waals surface area contributed by atoms with Gasteiger partial charge in [-0.05, 0) is 42.6 Å². The Kier molecular flexibility index (Phi) is 3.61. The van der Waals surface area contributed by atoms with Crippen LogP contribution in [0.5, 0.6) is 0 Å². The fourth-order valence-corrected chi connectivity index (χ4v) is 5.31. The van der Waals surface area contributed by atoms with Gasteiger partial charge in [0.25, 0.3) is 5.91 Å². The predicted molar refractivity (Wildman–Crippen MR) is 85.4 cm³/mol. The zero-order chi connectivity index (χ0) is 15.3. The molecule has 2 aliphatic rings. The second-order valence-corrected chi connectivity index (χ2v) is 8.43. The molecule has 5 heteroatoms. The third kappa shape index (κ3) is 2.40. The Hall–Kier alpha value is -0.940. The van der Waals surface area contributed by atoms with Crippen LogP contribution >= 0.6 is 11.3 Å². The van der Waals surface area contributed by atoms with Gasteiger partial charge in [0, 0.05) is 17.8 Å². The molecule has 1 aromatic heterocycles. The summed E-state index contributed by atoms with van der Waals surface area (Å²) in [5, 5.41) is 6.08. The third-order valence-corrected chi connectivity index (χ3v) is 6.60. The number of hydrogen-bond donors (Lipinski definition) is 2. The number of nitrogens with zero attached hydrogens (tertiary/aromatic N) is 1. The molecule has 0 saturated heterocycles. The summed E-state index contributed by atoms with van der Waals surface area (Å²) in [5.74, 6) is 0.706. The molecule has 21 heavy (non-hydrogen) atoms. The van der Waals surface area contributed by atoms with E-state index in [9.17, 15) is 4.79 Å². The van der Waals surface area contributed by atoms with E-state index < -0.39 is 0 Å². The second kappa shape index (κ2) is 5.06. The lowest BCUT2D eigenvalue weighted by Crippen LogP contribution is -2.52. The first kappa shape index (κ1) is 15.0. The van der Waals surface area contributed by atoms with Crippen molar-refractivity contribution in [3.8, 4) is 0 Å². The maximum Gasteiger partial charge on any atom is 0.271 e. The molecule has 2 saturated carbocycles. The number of aromatic nitrogens is 1. The number of thiazole rings is 1. The summed E-state index contributed by atoms with van der Waals surface area (Å²) in [6, 6.07) is 0.246. The molecular formula is C16H25N3OS. The van der Waals surface area contributed by atoms with Crippen molar-refractivity contribution >= 4 is 17.2 Å². The standard InChI is InChI=1S/C16H25N3OS/c1-15(2)10-4-6-16(3,8-10)14(15)19-13(20)11-9-21-12(18-11)5-7-17/h9-10,14H,4-8,17H2,1-3H3,(H,19,20). The van der Waals surface area contributed by atoms with Crippen molar-refractivity contribution in [1.82, 2.24) is 10.3 Å². The fraction of sp³-hybridized carbons (Fsp3) is 0.750. The summed E-state index contributed by atoms with van der Waals surface area (Å²) in [6.45, 7) is 7.50. The third-order valence-electron chi connectivity index (χ3n) is 5.69. The van der Waals surface area contributed by atoms with E-state index in [1.807, 2.05) is 5.38 Å². The first-order valence-electron chi connectivity index (χ1n) is 7.82. The van der Waals surface area contributed by atoms with Crippen LogP contribution in [-0.2, 0) is 6.42 Å². The quantitative estimate of drug-likeness (QED) is 0.898. The molecule has 4 nitrogen and oxygen atoms in total. The Labute approximate surface area is 130 Å². The van der Waals surface area contributed by atoms with E-state index in [1.54, 1.807) is 0 Å². The maximum atomic E-state index is 12.5. The number of nitrogens with two attached hydrogens (primary N) is 1. The largest absolute Gasteiger partial charge is 0.347 e. The van der Waals surface area contributed by atoms with Crippen LogP contribution in [0.2, 0.25) is 0 Å². The van der Waals surface area contributed by atoms with Crippen LogP contribution in [0.15, 0.2) is 5.38 Å². The second-order valence-electron chi connectivity index (χ2n) is 7.49. The van der Waals surface area contributed by atoms with Crippen molar-refractivity contribution in [2.45, 2.75) is 52.5 Å². The minimum Gasteiger partial charge on any atom is -0.347 e. The predicted octanol–water partition coefficient (Wildman–Crippen LogP) is 2.59. The summed E-state index contributed by atoms with van der Waals surface area (Å²) in [7, 11) is 0. The topological polar surface area (TPSA) is 68.0 Å². The summed E-state index contributed by atoms with van der Waals surface area (Å²) in [6.07, 6.45) is 4.50. The Morgan fingerprint density at radius 3 is 2.90 bits per heavy atom. The number of amides is 1. The van der Waals surface area contributed by atoms with Crippen LogP contribution < -0.4 is 11.1 Å². The number of fused-ring (bicyclic) bond motifs is 2. The van der Waals surface area contributed by atoms with E-state index >= 15 is 0 Å². The van der Waals surface area contributed by atoms with Crippen LogP contribution in [0.3, 0.4) is 0 Å². The van der Waals surface area contributed by atoms with Crippen molar-refractivity contribution in [2.24, 2.45) is 22.5 Å². The molecule has 0 spiro atoms. The Balaban J connectivity index is 1.75. The van der Waals surface area contributed by atoms with E-state index in [0.717, 1.165) is 17.3 Å². The summed E-state index contributed by atoms with van der Waals surface area (Å²) in [5.41, 5.74) is 6.51. The lowest BCUT2D eigenvalue weighted by molar-refractivity contribution is 0.0733. The molecule has 3 unspecified atom stereocenters. The van der Waals surface area contributed by atoms with Gasteiger partial charge in [0.05, 0.1) is 5.01 Å².